The molecule has 1 amide bonds. The van der Waals surface area contributed by atoms with Crippen LogP contribution in [0.25, 0.3) is 10.1 Å². The highest BCUT2D eigenvalue weighted by Crippen LogP contribution is 2.35. The number of thiophene rings is 1. The second kappa shape index (κ2) is 5.62. The molecule has 0 aliphatic rings. The second-order valence-corrected chi connectivity index (χ2v) is 6.70. The van der Waals surface area contributed by atoms with Crippen LogP contribution in [0.3, 0.4) is 0 Å². The number of nitrogen functional groups attached to an aromatic ring is 1. The van der Waals surface area contributed by atoms with Gasteiger partial charge in [-0.15, -0.1) is 11.3 Å². The molecule has 0 saturated carbocycles. The number of nitrogens with one attached hydrogen (secondary N) is 1. The summed E-state index contributed by atoms with van der Waals surface area (Å²) < 4.78 is 0.940. The zero-order chi connectivity index (χ0) is 14.9. The molecule has 0 unspecified atom stereocenters. The molecule has 1 heterocycles. The SMILES string of the molecule is CCC(C)(CC)NC(=O)c1sc2cc(Cl)ccc2c1N. The van der Waals surface area contributed by atoms with E-state index in [2.05, 4.69) is 19.2 Å². The van der Waals surface area contributed by atoms with Crippen molar-refractivity contribution < 1.29 is 4.79 Å². The number of halogens is 1. The Morgan fingerprint density at radius 3 is 2.65 bits per heavy atom. The third kappa shape index (κ3) is 2.76. The van der Waals surface area contributed by atoms with Crippen LogP contribution in [0.5, 0.6) is 0 Å². The summed E-state index contributed by atoms with van der Waals surface area (Å²) in [5.74, 6) is -0.106. The summed E-state index contributed by atoms with van der Waals surface area (Å²) in [6, 6.07) is 5.49. The largest absolute Gasteiger partial charge is 0.397 e. The Hall–Kier alpha value is -1.26. The molecule has 1 aromatic carbocycles. The molecule has 108 valence electrons. The predicted molar refractivity (Wildman–Crippen MR) is 87.7 cm³/mol. The first-order chi connectivity index (χ1) is 9.40. The Morgan fingerprint density at radius 1 is 1.40 bits per heavy atom. The summed E-state index contributed by atoms with van der Waals surface area (Å²) in [5.41, 5.74) is 6.44. The van der Waals surface area contributed by atoms with E-state index in [1.807, 2.05) is 19.1 Å². The molecule has 1 aromatic heterocycles. The zero-order valence-electron chi connectivity index (χ0n) is 11.9. The van der Waals surface area contributed by atoms with Crippen molar-refractivity contribution >= 4 is 44.6 Å². The fourth-order valence-electron chi connectivity index (χ4n) is 2.02. The highest BCUT2D eigenvalue weighted by Gasteiger charge is 2.25. The van der Waals surface area contributed by atoms with E-state index in [1.54, 1.807) is 6.07 Å². The Balaban J connectivity index is 2.38. The van der Waals surface area contributed by atoms with E-state index in [1.165, 1.54) is 11.3 Å². The number of carbonyl (C=O) groups is 1. The third-order valence-corrected chi connectivity index (χ3v) is 5.27. The van der Waals surface area contributed by atoms with Gasteiger partial charge >= 0.3 is 0 Å². The summed E-state index contributed by atoms with van der Waals surface area (Å²) in [5, 5.41) is 4.62. The van der Waals surface area contributed by atoms with Crippen LogP contribution < -0.4 is 11.1 Å². The van der Waals surface area contributed by atoms with Crippen LogP contribution in [0.2, 0.25) is 5.02 Å². The number of fused-ring (bicyclic) bond motifs is 1. The number of rotatable bonds is 4. The first-order valence-corrected chi connectivity index (χ1v) is 7.89. The molecule has 0 aliphatic carbocycles. The van der Waals surface area contributed by atoms with Gasteiger partial charge in [-0.3, -0.25) is 4.79 Å². The summed E-state index contributed by atoms with van der Waals surface area (Å²) in [6.45, 7) is 6.18. The molecule has 0 spiro atoms. The molecular formula is C15H19ClN2OS. The molecule has 2 rings (SSSR count). The van der Waals surface area contributed by atoms with Gasteiger partial charge in [0.1, 0.15) is 4.88 Å². The number of benzene rings is 1. The monoisotopic (exact) mass is 310 g/mol. The smallest absolute Gasteiger partial charge is 0.263 e. The average molecular weight is 311 g/mol. The van der Waals surface area contributed by atoms with Gasteiger partial charge in [-0.1, -0.05) is 25.4 Å². The van der Waals surface area contributed by atoms with E-state index in [4.69, 9.17) is 17.3 Å². The average Bonchev–Trinajstić information content (AvgIpc) is 2.75. The number of amides is 1. The van der Waals surface area contributed by atoms with E-state index in [9.17, 15) is 4.79 Å². The Labute approximate surface area is 128 Å². The fourth-order valence-corrected chi connectivity index (χ4v) is 3.31. The molecule has 0 bridgehead atoms. The Kier molecular flexibility index (Phi) is 4.25. The van der Waals surface area contributed by atoms with Gasteiger partial charge in [0.2, 0.25) is 0 Å². The Bertz CT molecular complexity index is 647. The van der Waals surface area contributed by atoms with Crippen LogP contribution >= 0.6 is 22.9 Å². The van der Waals surface area contributed by atoms with Crippen molar-refractivity contribution in [3.63, 3.8) is 0 Å². The number of nitrogens with two attached hydrogens (primary N) is 1. The van der Waals surface area contributed by atoms with Gasteiger partial charge in [0.05, 0.1) is 5.69 Å². The topological polar surface area (TPSA) is 55.1 Å². The zero-order valence-corrected chi connectivity index (χ0v) is 13.5. The maximum atomic E-state index is 12.4. The standard InChI is InChI=1S/C15H19ClN2OS/c1-4-15(3,5-2)18-14(19)13-12(17)10-7-6-9(16)8-11(10)20-13/h6-8H,4-5,17H2,1-3H3,(H,18,19). The van der Waals surface area contributed by atoms with Gasteiger partial charge in [0.15, 0.2) is 0 Å². The van der Waals surface area contributed by atoms with E-state index in [-0.39, 0.29) is 11.4 Å². The van der Waals surface area contributed by atoms with E-state index >= 15 is 0 Å². The lowest BCUT2D eigenvalue weighted by Gasteiger charge is -2.28. The van der Waals surface area contributed by atoms with Crippen LogP contribution in [0, 0.1) is 0 Å². The summed E-state index contributed by atoms with van der Waals surface area (Å²) in [7, 11) is 0. The predicted octanol–water partition coefficient (Wildman–Crippen LogP) is 4.45. The molecule has 0 radical (unpaired) electrons. The molecule has 2 aromatic rings. The number of anilines is 1. The third-order valence-electron chi connectivity index (χ3n) is 3.87. The molecule has 0 saturated heterocycles. The van der Waals surface area contributed by atoms with Gasteiger partial charge in [0, 0.05) is 20.6 Å². The normalized spacial score (nSPS) is 11.8. The van der Waals surface area contributed by atoms with Crippen LogP contribution in [0.1, 0.15) is 43.3 Å². The summed E-state index contributed by atoms with van der Waals surface area (Å²) >= 11 is 7.36. The maximum absolute atomic E-state index is 12.4. The lowest BCUT2D eigenvalue weighted by atomic mass is 9.95. The summed E-state index contributed by atoms with van der Waals surface area (Å²) in [6.07, 6.45) is 1.76. The van der Waals surface area contributed by atoms with Crippen molar-refractivity contribution in [2.45, 2.75) is 39.2 Å². The van der Waals surface area contributed by atoms with E-state index in [0.717, 1.165) is 22.9 Å². The minimum absolute atomic E-state index is 0.106. The first kappa shape index (κ1) is 15.1. The van der Waals surface area contributed by atoms with Crippen molar-refractivity contribution in [2.24, 2.45) is 0 Å². The molecule has 3 N–H and O–H groups in total. The first-order valence-electron chi connectivity index (χ1n) is 6.70. The molecule has 0 atom stereocenters. The number of hydrogen-bond donors (Lipinski definition) is 2. The molecule has 3 nitrogen and oxygen atoms in total. The van der Waals surface area contributed by atoms with Gasteiger partial charge in [-0.05, 0) is 38.0 Å². The quantitative estimate of drug-likeness (QED) is 0.876. The van der Waals surface area contributed by atoms with Crippen LogP contribution in [-0.4, -0.2) is 11.4 Å². The lowest BCUT2D eigenvalue weighted by molar-refractivity contribution is 0.0906. The van der Waals surface area contributed by atoms with Crippen LogP contribution in [0.15, 0.2) is 18.2 Å². The molecular weight excluding hydrogens is 292 g/mol. The van der Waals surface area contributed by atoms with Crippen molar-refractivity contribution in [3.05, 3.63) is 28.1 Å². The molecule has 0 fully saturated rings. The van der Waals surface area contributed by atoms with Gasteiger partial charge in [0.25, 0.3) is 5.91 Å². The maximum Gasteiger partial charge on any atom is 0.263 e. The summed E-state index contributed by atoms with van der Waals surface area (Å²) in [4.78, 5) is 13.0. The minimum Gasteiger partial charge on any atom is -0.397 e. The van der Waals surface area contributed by atoms with Crippen molar-refractivity contribution in [2.75, 3.05) is 5.73 Å². The van der Waals surface area contributed by atoms with E-state index in [0.29, 0.717) is 15.6 Å². The number of hydrogen-bond acceptors (Lipinski definition) is 3. The van der Waals surface area contributed by atoms with Crippen LogP contribution in [0.4, 0.5) is 5.69 Å². The van der Waals surface area contributed by atoms with Crippen molar-refractivity contribution in [1.82, 2.24) is 5.32 Å². The highest BCUT2D eigenvalue weighted by atomic mass is 35.5. The van der Waals surface area contributed by atoms with E-state index < -0.39 is 0 Å². The van der Waals surface area contributed by atoms with Gasteiger partial charge in [-0.2, -0.15) is 0 Å². The van der Waals surface area contributed by atoms with Gasteiger partial charge in [-0.25, -0.2) is 0 Å². The van der Waals surface area contributed by atoms with Crippen molar-refractivity contribution in [1.29, 1.82) is 0 Å². The molecule has 0 aliphatic heterocycles. The second-order valence-electron chi connectivity index (χ2n) is 5.21. The molecule has 5 heteroatoms. The Morgan fingerprint density at radius 2 is 2.05 bits per heavy atom. The fraction of sp³-hybridized carbons (Fsp3) is 0.400. The minimum atomic E-state index is -0.197. The van der Waals surface area contributed by atoms with Crippen molar-refractivity contribution in [3.8, 4) is 0 Å². The molecule has 20 heavy (non-hydrogen) atoms. The number of carbonyl (C=O) groups excluding carboxylic acids is 1. The lowest BCUT2D eigenvalue weighted by Crippen LogP contribution is -2.44. The van der Waals surface area contributed by atoms with Crippen LogP contribution in [-0.2, 0) is 0 Å². The van der Waals surface area contributed by atoms with Gasteiger partial charge < -0.3 is 11.1 Å². The highest BCUT2D eigenvalue weighted by molar-refractivity contribution is 7.21.